The van der Waals surface area contributed by atoms with Crippen molar-refractivity contribution in [1.29, 1.82) is 0 Å². The van der Waals surface area contributed by atoms with Crippen molar-refractivity contribution < 1.29 is 4.79 Å². The summed E-state index contributed by atoms with van der Waals surface area (Å²) in [6.07, 6.45) is 0.985. The van der Waals surface area contributed by atoms with Gasteiger partial charge in [-0.2, -0.15) is 0 Å². The molecule has 0 radical (unpaired) electrons. The number of hydrogen-bond acceptors (Lipinski definition) is 6. The Labute approximate surface area is 126 Å². The average molecular weight is 308 g/mol. The van der Waals surface area contributed by atoms with Crippen molar-refractivity contribution in [3.05, 3.63) is 29.8 Å². The summed E-state index contributed by atoms with van der Waals surface area (Å²) in [5.41, 5.74) is 7.56. The van der Waals surface area contributed by atoms with Crippen LogP contribution in [0.2, 0.25) is 0 Å². The van der Waals surface area contributed by atoms with E-state index in [0.29, 0.717) is 9.47 Å². The summed E-state index contributed by atoms with van der Waals surface area (Å²) in [6.45, 7) is 3.93. The lowest BCUT2D eigenvalue weighted by atomic mass is 10.1. The van der Waals surface area contributed by atoms with Gasteiger partial charge in [0.1, 0.15) is 0 Å². The predicted octanol–water partition coefficient (Wildman–Crippen LogP) is 2.80. The minimum atomic E-state index is -0.256. The summed E-state index contributed by atoms with van der Waals surface area (Å²) in [5, 5.41) is 10.7. The van der Waals surface area contributed by atoms with Crippen molar-refractivity contribution in [2.45, 2.75) is 29.9 Å². The number of aromatic nitrogens is 2. The highest BCUT2D eigenvalue weighted by Gasteiger charge is 2.16. The van der Waals surface area contributed by atoms with Gasteiger partial charge in [-0.3, -0.25) is 4.79 Å². The zero-order valence-corrected chi connectivity index (χ0v) is 12.9. The summed E-state index contributed by atoms with van der Waals surface area (Å²) < 4.78 is 0.700. The van der Waals surface area contributed by atoms with Crippen molar-refractivity contribution in [3.63, 3.8) is 0 Å². The number of thioether (sulfide) groups is 1. The van der Waals surface area contributed by atoms with Crippen LogP contribution in [0.15, 0.2) is 28.6 Å². The normalized spacial score (nSPS) is 12.1. The molecule has 106 valence electrons. The fraction of sp³-hybridized carbons (Fsp3) is 0.308. The molecule has 0 bridgehead atoms. The number of rotatable bonds is 5. The summed E-state index contributed by atoms with van der Waals surface area (Å²) in [4.78, 5) is 12.1. The van der Waals surface area contributed by atoms with Crippen LogP contribution in [0.1, 0.15) is 19.4 Å². The van der Waals surface area contributed by atoms with Gasteiger partial charge in [-0.1, -0.05) is 42.2 Å². The molecule has 1 amide bonds. The highest BCUT2D eigenvalue weighted by molar-refractivity contribution is 8.02. The molecule has 1 atom stereocenters. The second-order valence-electron chi connectivity index (χ2n) is 4.21. The van der Waals surface area contributed by atoms with Crippen LogP contribution in [0.25, 0.3) is 0 Å². The standard InChI is InChI=1S/C13H16N4OS2/c1-3-9-4-6-10(7-5-9)15-11(18)8(2)19-13-17-16-12(14)20-13/h4-8H,3H2,1-2H3,(H2,14,16)(H,15,18)/t8-/m0/s1. The summed E-state index contributed by atoms with van der Waals surface area (Å²) in [6, 6.07) is 7.85. The van der Waals surface area contributed by atoms with Crippen LogP contribution in [-0.4, -0.2) is 21.4 Å². The number of amides is 1. The molecular weight excluding hydrogens is 292 g/mol. The molecule has 0 aliphatic carbocycles. The van der Waals surface area contributed by atoms with Gasteiger partial charge in [0.2, 0.25) is 11.0 Å². The molecule has 20 heavy (non-hydrogen) atoms. The van der Waals surface area contributed by atoms with Gasteiger partial charge >= 0.3 is 0 Å². The van der Waals surface area contributed by atoms with Crippen molar-refractivity contribution in [2.24, 2.45) is 0 Å². The van der Waals surface area contributed by atoms with E-state index in [1.54, 1.807) is 0 Å². The highest BCUT2D eigenvalue weighted by atomic mass is 32.2. The first-order chi connectivity index (χ1) is 9.58. The first kappa shape index (κ1) is 14.8. The minimum Gasteiger partial charge on any atom is -0.374 e. The number of nitrogen functional groups attached to an aromatic ring is 1. The molecule has 1 aromatic carbocycles. The third kappa shape index (κ3) is 3.94. The molecule has 7 heteroatoms. The molecule has 1 aromatic heterocycles. The first-order valence-corrected chi connectivity index (χ1v) is 7.93. The lowest BCUT2D eigenvalue weighted by Crippen LogP contribution is -2.22. The lowest BCUT2D eigenvalue weighted by molar-refractivity contribution is -0.115. The third-order valence-corrected chi connectivity index (χ3v) is 4.64. The Morgan fingerprint density at radius 2 is 2.10 bits per heavy atom. The fourth-order valence-corrected chi connectivity index (χ4v) is 3.32. The minimum absolute atomic E-state index is 0.0620. The molecule has 0 aliphatic rings. The van der Waals surface area contributed by atoms with Crippen molar-refractivity contribution in [3.8, 4) is 0 Å². The maximum absolute atomic E-state index is 12.1. The summed E-state index contributed by atoms with van der Waals surface area (Å²) >= 11 is 2.64. The van der Waals surface area contributed by atoms with E-state index >= 15 is 0 Å². The molecule has 2 rings (SSSR count). The Balaban J connectivity index is 1.93. The van der Waals surface area contributed by atoms with E-state index < -0.39 is 0 Å². The molecule has 0 aliphatic heterocycles. The maximum atomic E-state index is 12.1. The number of nitrogens with zero attached hydrogens (tertiary/aromatic N) is 2. The first-order valence-electron chi connectivity index (χ1n) is 6.24. The van der Waals surface area contributed by atoms with E-state index in [1.165, 1.54) is 28.7 Å². The quantitative estimate of drug-likeness (QED) is 0.830. The van der Waals surface area contributed by atoms with Gasteiger partial charge in [0, 0.05) is 5.69 Å². The van der Waals surface area contributed by atoms with E-state index in [-0.39, 0.29) is 11.2 Å². The second-order valence-corrected chi connectivity index (χ2v) is 6.80. The molecule has 2 aromatic rings. The van der Waals surface area contributed by atoms with Gasteiger partial charge in [-0.15, -0.1) is 10.2 Å². The van der Waals surface area contributed by atoms with Gasteiger partial charge in [0.15, 0.2) is 4.34 Å². The van der Waals surface area contributed by atoms with Crippen LogP contribution in [0, 0.1) is 0 Å². The van der Waals surface area contributed by atoms with Crippen LogP contribution in [0.4, 0.5) is 10.8 Å². The van der Waals surface area contributed by atoms with E-state index in [2.05, 4.69) is 22.4 Å². The van der Waals surface area contributed by atoms with Gasteiger partial charge in [-0.05, 0) is 31.0 Å². The van der Waals surface area contributed by atoms with Crippen LogP contribution in [0.5, 0.6) is 0 Å². The maximum Gasteiger partial charge on any atom is 0.237 e. The topological polar surface area (TPSA) is 80.9 Å². The SMILES string of the molecule is CCc1ccc(NC(=O)[C@H](C)Sc2nnc(N)s2)cc1. The number of carbonyl (C=O) groups is 1. The molecule has 0 unspecified atom stereocenters. The van der Waals surface area contributed by atoms with Crippen LogP contribution in [0.3, 0.4) is 0 Å². The molecule has 3 N–H and O–H groups in total. The molecule has 0 saturated carbocycles. The Morgan fingerprint density at radius 1 is 1.40 bits per heavy atom. The Kier molecular flexibility index (Phi) is 4.97. The van der Waals surface area contributed by atoms with Gasteiger partial charge in [0.25, 0.3) is 0 Å². The van der Waals surface area contributed by atoms with E-state index in [1.807, 2.05) is 31.2 Å². The number of aryl methyl sites for hydroxylation is 1. The monoisotopic (exact) mass is 308 g/mol. The molecule has 0 fully saturated rings. The number of carbonyl (C=O) groups excluding carboxylic acids is 1. The second kappa shape index (κ2) is 6.71. The van der Waals surface area contributed by atoms with E-state index in [9.17, 15) is 4.79 Å². The van der Waals surface area contributed by atoms with Crippen LogP contribution >= 0.6 is 23.1 Å². The highest BCUT2D eigenvalue weighted by Crippen LogP contribution is 2.28. The van der Waals surface area contributed by atoms with Crippen molar-refractivity contribution in [2.75, 3.05) is 11.1 Å². The molecule has 5 nitrogen and oxygen atoms in total. The molecule has 0 saturated heterocycles. The summed E-state index contributed by atoms with van der Waals surface area (Å²) in [7, 11) is 0. The van der Waals surface area contributed by atoms with Crippen LogP contribution in [-0.2, 0) is 11.2 Å². The molecule has 1 heterocycles. The average Bonchev–Trinajstić information content (AvgIpc) is 2.85. The van der Waals surface area contributed by atoms with Crippen LogP contribution < -0.4 is 11.1 Å². The number of anilines is 2. The Bertz CT molecular complexity index is 582. The van der Waals surface area contributed by atoms with Crippen molar-refractivity contribution in [1.82, 2.24) is 10.2 Å². The third-order valence-electron chi connectivity index (χ3n) is 2.70. The number of nitrogens with one attached hydrogen (secondary N) is 1. The fourth-order valence-electron chi connectivity index (χ4n) is 1.54. The van der Waals surface area contributed by atoms with Gasteiger partial charge < -0.3 is 11.1 Å². The zero-order chi connectivity index (χ0) is 14.5. The number of nitrogens with two attached hydrogens (primary N) is 1. The van der Waals surface area contributed by atoms with Crippen molar-refractivity contribution >= 4 is 39.8 Å². The Hall–Kier alpha value is -1.60. The van der Waals surface area contributed by atoms with E-state index in [4.69, 9.17) is 5.73 Å². The molecular formula is C13H16N4OS2. The molecule has 0 spiro atoms. The number of hydrogen-bond donors (Lipinski definition) is 2. The van der Waals surface area contributed by atoms with E-state index in [0.717, 1.165) is 12.1 Å². The zero-order valence-electron chi connectivity index (χ0n) is 11.3. The largest absolute Gasteiger partial charge is 0.374 e. The summed E-state index contributed by atoms with van der Waals surface area (Å²) in [5.74, 6) is -0.0620. The predicted molar refractivity (Wildman–Crippen MR) is 84.1 cm³/mol. The lowest BCUT2D eigenvalue weighted by Gasteiger charge is -2.10. The number of benzene rings is 1. The Morgan fingerprint density at radius 3 is 2.65 bits per heavy atom. The van der Waals surface area contributed by atoms with Gasteiger partial charge in [-0.25, -0.2) is 0 Å². The van der Waals surface area contributed by atoms with Gasteiger partial charge in [0.05, 0.1) is 5.25 Å². The smallest absolute Gasteiger partial charge is 0.237 e.